The van der Waals surface area contributed by atoms with E-state index in [0.717, 1.165) is 5.56 Å². The molecule has 0 bridgehead atoms. The minimum atomic E-state index is -0.952. The van der Waals surface area contributed by atoms with Crippen molar-refractivity contribution in [2.75, 3.05) is 13.7 Å². The van der Waals surface area contributed by atoms with Crippen molar-refractivity contribution in [1.82, 2.24) is 0 Å². The van der Waals surface area contributed by atoms with Crippen molar-refractivity contribution in [2.24, 2.45) is 5.73 Å². The van der Waals surface area contributed by atoms with Gasteiger partial charge in [0.2, 0.25) is 0 Å². The van der Waals surface area contributed by atoms with E-state index in [1.54, 1.807) is 19.1 Å². The van der Waals surface area contributed by atoms with E-state index in [1.165, 1.54) is 7.11 Å². The van der Waals surface area contributed by atoms with Crippen LogP contribution in [-0.4, -0.2) is 24.7 Å². The third-order valence-electron chi connectivity index (χ3n) is 2.45. The van der Waals surface area contributed by atoms with Crippen molar-refractivity contribution in [2.45, 2.75) is 12.8 Å². The molecule has 0 aromatic heterocycles. The highest BCUT2D eigenvalue weighted by Crippen LogP contribution is 2.31. The number of carboxylic acid groups (broad SMARTS) is 1. The normalized spacial score (nSPS) is 12.2. The van der Waals surface area contributed by atoms with Gasteiger partial charge < -0.3 is 15.6 Å². The van der Waals surface area contributed by atoms with Crippen molar-refractivity contribution in [3.05, 3.63) is 28.3 Å². The summed E-state index contributed by atoms with van der Waals surface area (Å²) in [6.45, 7) is 1.85. The number of benzene rings is 1. The number of rotatable bonds is 4. The van der Waals surface area contributed by atoms with E-state index in [2.05, 4.69) is 0 Å². The van der Waals surface area contributed by atoms with Crippen LogP contribution in [0.3, 0.4) is 0 Å². The number of halogens is 1. The molecule has 1 rings (SSSR count). The lowest BCUT2D eigenvalue weighted by Crippen LogP contribution is -2.22. The van der Waals surface area contributed by atoms with Gasteiger partial charge in [0, 0.05) is 6.54 Å². The van der Waals surface area contributed by atoms with Crippen molar-refractivity contribution < 1.29 is 14.6 Å². The van der Waals surface area contributed by atoms with E-state index in [9.17, 15) is 4.79 Å². The first-order chi connectivity index (χ1) is 7.51. The molecule has 0 aliphatic carbocycles. The fraction of sp³-hybridized carbons (Fsp3) is 0.364. The highest BCUT2D eigenvalue weighted by molar-refractivity contribution is 6.32. The molecule has 4 nitrogen and oxygen atoms in total. The number of aryl methyl sites for hydroxylation is 1. The lowest BCUT2D eigenvalue weighted by molar-refractivity contribution is -0.138. The third kappa shape index (κ3) is 2.46. The van der Waals surface area contributed by atoms with E-state index in [1.807, 2.05) is 0 Å². The quantitative estimate of drug-likeness (QED) is 0.846. The minimum absolute atomic E-state index is 0.0405. The largest absolute Gasteiger partial charge is 0.495 e. The van der Waals surface area contributed by atoms with Gasteiger partial charge in [0.15, 0.2) is 0 Å². The van der Waals surface area contributed by atoms with Crippen LogP contribution in [0.2, 0.25) is 5.02 Å². The molecule has 1 aromatic rings. The molecule has 3 N–H and O–H groups in total. The molecular formula is C11H14ClNO3. The SMILES string of the molecule is COc1cc(C)c(C(CN)C(=O)O)cc1Cl. The minimum Gasteiger partial charge on any atom is -0.495 e. The standard InChI is InChI=1S/C11H14ClNO3/c1-6-3-10(16-2)9(12)4-7(6)8(5-13)11(14)15/h3-4,8H,5,13H2,1-2H3,(H,14,15). The van der Waals surface area contributed by atoms with E-state index >= 15 is 0 Å². The Morgan fingerprint density at radius 2 is 2.25 bits per heavy atom. The Morgan fingerprint density at radius 3 is 2.69 bits per heavy atom. The lowest BCUT2D eigenvalue weighted by atomic mass is 9.95. The second-order valence-corrected chi connectivity index (χ2v) is 3.88. The van der Waals surface area contributed by atoms with Crippen LogP contribution in [-0.2, 0) is 4.79 Å². The van der Waals surface area contributed by atoms with Crippen molar-refractivity contribution in [3.63, 3.8) is 0 Å². The van der Waals surface area contributed by atoms with Gasteiger partial charge in [-0.3, -0.25) is 4.79 Å². The van der Waals surface area contributed by atoms with Crippen LogP contribution in [0.5, 0.6) is 5.75 Å². The molecular weight excluding hydrogens is 230 g/mol. The predicted molar refractivity (Wildman–Crippen MR) is 62.2 cm³/mol. The average Bonchev–Trinajstić information content (AvgIpc) is 2.23. The summed E-state index contributed by atoms with van der Waals surface area (Å²) < 4.78 is 5.04. The number of carbonyl (C=O) groups is 1. The van der Waals surface area contributed by atoms with Gasteiger partial charge in [-0.2, -0.15) is 0 Å². The van der Waals surface area contributed by atoms with Gasteiger partial charge in [-0.1, -0.05) is 11.6 Å². The molecule has 1 atom stereocenters. The van der Waals surface area contributed by atoms with Gasteiger partial charge in [0.25, 0.3) is 0 Å². The zero-order valence-corrected chi connectivity index (χ0v) is 9.91. The number of ether oxygens (including phenoxy) is 1. The fourth-order valence-corrected chi connectivity index (χ4v) is 1.81. The fourth-order valence-electron chi connectivity index (χ4n) is 1.56. The Balaban J connectivity index is 3.24. The van der Waals surface area contributed by atoms with Crippen molar-refractivity contribution in [3.8, 4) is 5.75 Å². The molecule has 16 heavy (non-hydrogen) atoms. The summed E-state index contributed by atoms with van der Waals surface area (Å²) in [5.74, 6) is -1.15. The zero-order valence-electron chi connectivity index (χ0n) is 9.16. The Hall–Kier alpha value is -1.26. The maximum Gasteiger partial charge on any atom is 0.312 e. The first kappa shape index (κ1) is 12.8. The van der Waals surface area contributed by atoms with Crippen LogP contribution in [0.1, 0.15) is 17.0 Å². The molecule has 88 valence electrons. The summed E-state index contributed by atoms with van der Waals surface area (Å²) in [6.07, 6.45) is 0. The molecule has 0 spiro atoms. The lowest BCUT2D eigenvalue weighted by Gasteiger charge is -2.15. The van der Waals surface area contributed by atoms with Crippen LogP contribution in [0, 0.1) is 6.92 Å². The number of carboxylic acids is 1. The van der Waals surface area contributed by atoms with E-state index < -0.39 is 11.9 Å². The summed E-state index contributed by atoms with van der Waals surface area (Å²) >= 11 is 5.95. The van der Waals surface area contributed by atoms with Crippen LogP contribution < -0.4 is 10.5 Å². The van der Waals surface area contributed by atoms with Gasteiger partial charge >= 0.3 is 5.97 Å². The van der Waals surface area contributed by atoms with Gasteiger partial charge in [-0.15, -0.1) is 0 Å². The molecule has 0 fully saturated rings. The number of nitrogens with two attached hydrogens (primary N) is 1. The highest BCUT2D eigenvalue weighted by Gasteiger charge is 2.21. The topological polar surface area (TPSA) is 72.5 Å². The summed E-state index contributed by atoms with van der Waals surface area (Å²) in [4.78, 5) is 11.0. The second-order valence-electron chi connectivity index (χ2n) is 3.47. The Bertz CT molecular complexity index is 406. The van der Waals surface area contributed by atoms with Crippen molar-refractivity contribution in [1.29, 1.82) is 0 Å². The first-order valence-electron chi connectivity index (χ1n) is 4.78. The highest BCUT2D eigenvalue weighted by atomic mass is 35.5. The van der Waals surface area contributed by atoms with E-state index in [0.29, 0.717) is 16.3 Å². The van der Waals surface area contributed by atoms with Crippen LogP contribution in [0.15, 0.2) is 12.1 Å². The van der Waals surface area contributed by atoms with Gasteiger partial charge in [0.05, 0.1) is 18.1 Å². The second kappa shape index (κ2) is 5.18. The maximum absolute atomic E-state index is 11.0. The van der Waals surface area contributed by atoms with Crippen LogP contribution in [0.25, 0.3) is 0 Å². The molecule has 0 radical (unpaired) electrons. The molecule has 0 aliphatic heterocycles. The molecule has 0 heterocycles. The predicted octanol–water partition coefficient (Wildman–Crippen LogP) is 1.78. The zero-order chi connectivity index (χ0) is 12.3. The molecule has 0 saturated carbocycles. The molecule has 1 aromatic carbocycles. The molecule has 0 aliphatic rings. The van der Waals surface area contributed by atoms with E-state index in [-0.39, 0.29) is 6.54 Å². The maximum atomic E-state index is 11.0. The average molecular weight is 244 g/mol. The summed E-state index contributed by atoms with van der Waals surface area (Å²) in [5.41, 5.74) is 6.87. The number of methoxy groups -OCH3 is 1. The van der Waals surface area contributed by atoms with Crippen LogP contribution >= 0.6 is 11.6 Å². The van der Waals surface area contributed by atoms with E-state index in [4.69, 9.17) is 27.2 Å². The van der Waals surface area contributed by atoms with Gasteiger partial charge in [-0.25, -0.2) is 0 Å². The van der Waals surface area contributed by atoms with Crippen molar-refractivity contribution >= 4 is 17.6 Å². The Labute approximate surface area is 99.0 Å². The molecule has 0 amide bonds. The molecule has 0 saturated heterocycles. The number of hydrogen-bond acceptors (Lipinski definition) is 3. The summed E-state index contributed by atoms with van der Waals surface area (Å²) in [7, 11) is 1.51. The van der Waals surface area contributed by atoms with Crippen LogP contribution in [0.4, 0.5) is 0 Å². The molecule has 5 heteroatoms. The monoisotopic (exact) mass is 243 g/mol. The number of hydrogen-bond donors (Lipinski definition) is 2. The third-order valence-corrected chi connectivity index (χ3v) is 2.75. The Kier molecular flexibility index (Phi) is 4.15. The summed E-state index contributed by atoms with van der Waals surface area (Å²) in [5, 5.41) is 9.41. The van der Waals surface area contributed by atoms with Gasteiger partial charge in [0.1, 0.15) is 5.75 Å². The summed E-state index contributed by atoms with van der Waals surface area (Å²) in [6, 6.07) is 3.31. The Morgan fingerprint density at radius 1 is 1.62 bits per heavy atom. The van der Waals surface area contributed by atoms with Gasteiger partial charge in [-0.05, 0) is 30.2 Å². The molecule has 1 unspecified atom stereocenters. The number of aliphatic carboxylic acids is 1. The first-order valence-corrected chi connectivity index (χ1v) is 5.16. The smallest absolute Gasteiger partial charge is 0.312 e.